The zero-order valence-corrected chi connectivity index (χ0v) is 11.7. The average Bonchev–Trinajstić information content (AvgIpc) is 2.35. The molecule has 1 N–H and O–H groups in total. The van der Waals surface area contributed by atoms with E-state index in [2.05, 4.69) is 5.10 Å². The van der Waals surface area contributed by atoms with E-state index < -0.39 is 5.97 Å². The number of aryl methyl sites for hydroxylation is 3. The first-order chi connectivity index (χ1) is 9.38. The molecule has 0 aliphatic rings. The molecule has 1 aromatic heterocycles. The highest BCUT2D eigenvalue weighted by Crippen LogP contribution is 2.16. The zero-order chi connectivity index (χ0) is 14.9. The highest BCUT2D eigenvalue weighted by molar-refractivity contribution is 5.84. The fraction of sp³-hybridized carbons (Fsp3) is 0.267. The summed E-state index contributed by atoms with van der Waals surface area (Å²) in [4.78, 5) is 22.7. The third-order valence-electron chi connectivity index (χ3n) is 3.23. The third kappa shape index (κ3) is 2.77. The molecule has 0 bridgehead atoms. The molecule has 0 aliphatic heterocycles. The molecule has 0 saturated heterocycles. The first-order valence-electron chi connectivity index (χ1n) is 6.26. The third-order valence-corrected chi connectivity index (χ3v) is 3.23. The van der Waals surface area contributed by atoms with E-state index >= 15 is 0 Å². The van der Waals surface area contributed by atoms with Crippen LogP contribution in [0.3, 0.4) is 0 Å². The van der Waals surface area contributed by atoms with Crippen LogP contribution in [0.4, 0.5) is 0 Å². The van der Waals surface area contributed by atoms with Crippen molar-refractivity contribution in [1.82, 2.24) is 9.78 Å². The molecule has 0 spiro atoms. The minimum Gasteiger partial charge on any atom is -0.476 e. The number of carboxylic acids is 1. The Hall–Kier alpha value is -2.43. The number of hydrogen-bond donors (Lipinski definition) is 1. The first-order valence-corrected chi connectivity index (χ1v) is 6.26. The second-order valence-corrected chi connectivity index (χ2v) is 4.90. The minimum atomic E-state index is -1.14. The molecular formula is C15H16N2O3. The van der Waals surface area contributed by atoms with Crippen molar-refractivity contribution < 1.29 is 9.90 Å². The lowest BCUT2D eigenvalue weighted by molar-refractivity contribution is 0.0687. The van der Waals surface area contributed by atoms with Gasteiger partial charge in [-0.2, -0.15) is 5.10 Å². The number of rotatable bonds is 3. The van der Waals surface area contributed by atoms with Crippen LogP contribution in [0.5, 0.6) is 0 Å². The van der Waals surface area contributed by atoms with Gasteiger partial charge >= 0.3 is 5.97 Å². The van der Waals surface area contributed by atoms with Crippen LogP contribution in [0, 0.1) is 20.8 Å². The maximum absolute atomic E-state index is 11.8. The largest absolute Gasteiger partial charge is 0.476 e. The van der Waals surface area contributed by atoms with Crippen LogP contribution in [0.15, 0.2) is 29.1 Å². The van der Waals surface area contributed by atoms with Crippen molar-refractivity contribution >= 4 is 5.97 Å². The zero-order valence-electron chi connectivity index (χ0n) is 11.7. The van der Waals surface area contributed by atoms with Crippen molar-refractivity contribution in [1.29, 1.82) is 0 Å². The van der Waals surface area contributed by atoms with Gasteiger partial charge in [-0.3, -0.25) is 4.79 Å². The van der Waals surface area contributed by atoms with Crippen LogP contribution in [-0.4, -0.2) is 20.9 Å². The Balaban J connectivity index is 2.47. The molecular weight excluding hydrogens is 256 g/mol. The molecule has 0 aliphatic carbocycles. The van der Waals surface area contributed by atoms with E-state index in [9.17, 15) is 9.59 Å². The molecule has 20 heavy (non-hydrogen) atoms. The van der Waals surface area contributed by atoms with Crippen LogP contribution in [-0.2, 0) is 6.54 Å². The Morgan fingerprint density at radius 3 is 2.35 bits per heavy atom. The Morgan fingerprint density at radius 2 is 1.80 bits per heavy atom. The lowest BCUT2D eigenvalue weighted by atomic mass is 10.00. The van der Waals surface area contributed by atoms with Gasteiger partial charge in [0.2, 0.25) is 0 Å². The summed E-state index contributed by atoms with van der Waals surface area (Å²) in [6.07, 6.45) is 0. The smallest absolute Gasteiger partial charge is 0.356 e. The van der Waals surface area contributed by atoms with E-state index in [1.54, 1.807) is 0 Å². The number of carbonyl (C=O) groups is 1. The van der Waals surface area contributed by atoms with Gasteiger partial charge in [-0.05, 0) is 43.5 Å². The molecule has 1 aromatic carbocycles. The van der Waals surface area contributed by atoms with Gasteiger partial charge in [0.15, 0.2) is 5.69 Å². The Kier molecular flexibility index (Phi) is 3.70. The lowest BCUT2D eigenvalue weighted by Gasteiger charge is -2.12. The van der Waals surface area contributed by atoms with Crippen molar-refractivity contribution in [2.45, 2.75) is 27.3 Å². The van der Waals surface area contributed by atoms with E-state index in [1.165, 1.54) is 16.8 Å². The van der Waals surface area contributed by atoms with Crippen molar-refractivity contribution in [3.63, 3.8) is 0 Å². The summed E-state index contributed by atoms with van der Waals surface area (Å²) >= 11 is 0. The number of nitrogens with zero attached hydrogens (tertiary/aromatic N) is 2. The summed E-state index contributed by atoms with van der Waals surface area (Å²) in [5.41, 5.74) is 3.84. The SMILES string of the molecule is Cc1cc(C)c(Cn2nc(C(=O)O)ccc2=O)c(C)c1. The molecule has 0 atom stereocenters. The minimum absolute atomic E-state index is 0.132. The van der Waals surface area contributed by atoms with Crippen molar-refractivity contribution in [3.05, 3.63) is 62.6 Å². The highest BCUT2D eigenvalue weighted by atomic mass is 16.4. The summed E-state index contributed by atoms with van der Waals surface area (Å²) in [6.45, 7) is 6.24. The number of benzene rings is 1. The van der Waals surface area contributed by atoms with E-state index in [1.807, 2.05) is 32.9 Å². The van der Waals surface area contributed by atoms with Gasteiger partial charge in [0.1, 0.15) is 0 Å². The van der Waals surface area contributed by atoms with Crippen LogP contribution in [0.25, 0.3) is 0 Å². The quantitative estimate of drug-likeness (QED) is 0.926. The number of carboxylic acid groups (broad SMARTS) is 1. The van der Waals surface area contributed by atoms with Gasteiger partial charge in [0, 0.05) is 6.07 Å². The monoisotopic (exact) mass is 272 g/mol. The van der Waals surface area contributed by atoms with Gasteiger partial charge in [0.25, 0.3) is 5.56 Å². The fourth-order valence-corrected chi connectivity index (χ4v) is 2.29. The molecule has 2 aromatic rings. The van der Waals surface area contributed by atoms with E-state index in [0.29, 0.717) is 0 Å². The average molecular weight is 272 g/mol. The summed E-state index contributed by atoms with van der Waals surface area (Å²) in [5.74, 6) is -1.14. The number of aromatic carboxylic acids is 1. The normalized spacial score (nSPS) is 10.6. The second kappa shape index (κ2) is 5.28. The van der Waals surface area contributed by atoms with Gasteiger partial charge in [-0.15, -0.1) is 0 Å². The lowest BCUT2D eigenvalue weighted by Crippen LogP contribution is -2.25. The molecule has 2 rings (SSSR count). The molecule has 5 heteroatoms. The molecule has 0 unspecified atom stereocenters. The van der Waals surface area contributed by atoms with E-state index in [-0.39, 0.29) is 17.8 Å². The van der Waals surface area contributed by atoms with Gasteiger partial charge in [-0.25, -0.2) is 9.48 Å². The second-order valence-electron chi connectivity index (χ2n) is 4.90. The topological polar surface area (TPSA) is 72.2 Å². The van der Waals surface area contributed by atoms with Crippen molar-refractivity contribution in [2.75, 3.05) is 0 Å². The maximum Gasteiger partial charge on any atom is 0.356 e. The molecule has 104 valence electrons. The van der Waals surface area contributed by atoms with Crippen LogP contribution in [0.2, 0.25) is 0 Å². The van der Waals surface area contributed by atoms with Gasteiger partial charge in [0.05, 0.1) is 6.54 Å². The molecule has 0 radical (unpaired) electrons. The van der Waals surface area contributed by atoms with Crippen molar-refractivity contribution in [2.24, 2.45) is 0 Å². The Labute approximate surface area is 116 Å². The van der Waals surface area contributed by atoms with E-state index in [0.717, 1.165) is 22.3 Å². The predicted octanol–water partition coefficient (Wildman–Crippen LogP) is 1.92. The first kappa shape index (κ1) is 14.0. The van der Waals surface area contributed by atoms with E-state index in [4.69, 9.17) is 5.11 Å². The molecule has 0 amide bonds. The Bertz CT molecular complexity index is 709. The maximum atomic E-state index is 11.8. The summed E-state index contributed by atoms with van der Waals surface area (Å²) < 4.78 is 1.19. The van der Waals surface area contributed by atoms with Gasteiger partial charge < -0.3 is 5.11 Å². The Morgan fingerprint density at radius 1 is 1.20 bits per heavy atom. The molecule has 0 saturated carbocycles. The molecule has 5 nitrogen and oxygen atoms in total. The van der Waals surface area contributed by atoms with Crippen molar-refractivity contribution in [3.8, 4) is 0 Å². The summed E-state index contributed by atoms with van der Waals surface area (Å²) in [7, 11) is 0. The van der Waals surface area contributed by atoms with Gasteiger partial charge in [-0.1, -0.05) is 17.7 Å². The number of aromatic nitrogens is 2. The van der Waals surface area contributed by atoms with Crippen LogP contribution >= 0.6 is 0 Å². The predicted molar refractivity (Wildman–Crippen MR) is 75.2 cm³/mol. The number of hydrogen-bond acceptors (Lipinski definition) is 3. The summed E-state index contributed by atoms with van der Waals surface area (Å²) in [6, 6.07) is 6.52. The standard InChI is InChI=1S/C15H16N2O3/c1-9-6-10(2)12(11(3)7-9)8-17-14(18)5-4-13(16-17)15(19)20/h4-7H,8H2,1-3H3,(H,19,20). The molecule has 1 heterocycles. The summed E-state index contributed by atoms with van der Waals surface area (Å²) in [5, 5.41) is 12.8. The molecule has 0 fully saturated rings. The fourth-order valence-electron chi connectivity index (χ4n) is 2.29. The highest BCUT2D eigenvalue weighted by Gasteiger charge is 2.10. The van der Waals surface area contributed by atoms with Crippen LogP contribution in [0.1, 0.15) is 32.7 Å². The van der Waals surface area contributed by atoms with Crippen LogP contribution < -0.4 is 5.56 Å².